The molecule has 2 fully saturated rings. The van der Waals surface area contributed by atoms with Crippen LogP contribution in [0.4, 0.5) is 0 Å². The first kappa shape index (κ1) is 11.9. The van der Waals surface area contributed by atoms with Crippen LogP contribution in [-0.2, 0) is 4.79 Å². The minimum Gasteiger partial charge on any atom is -0.341 e. The highest BCUT2D eigenvalue weighted by Gasteiger charge is 2.30. The highest BCUT2D eigenvalue weighted by Crippen LogP contribution is 2.25. The Kier molecular flexibility index (Phi) is 3.85. The average molecular weight is 224 g/mol. The quantitative estimate of drug-likeness (QED) is 0.773. The molecule has 2 aliphatic heterocycles. The topological polar surface area (TPSA) is 32.3 Å². The van der Waals surface area contributed by atoms with Gasteiger partial charge in [-0.25, -0.2) is 0 Å². The maximum atomic E-state index is 12.1. The van der Waals surface area contributed by atoms with Crippen molar-refractivity contribution in [2.24, 2.45) is 11.8 Å². The zero-order chi connectivity index (χ0) is 11.5. The van der Waals surface area contributed by atoms with Crippen LogP contribution in [0, 0.1) is 11.8 Å². The summed E-state index contributed by atoms with van der Waals surface area (Å²) >= 11 is 0. The van der Waals surface area contributed by atoms with Gasteiger partial charge in [-0.05, 0) is 44.1 Å². The number of carbonyl (C=O) groups excluding carboxylic acids is 1. The third-order valence-corrected chi connectivity index (χ3v) is 4.15. The lowest BCUT2D eigenvalue weighted by Crippen LogP contribution is -2.47. The summed E-state index contributed by atoms with van der Waals surface area (Å²) in [5, 5.41) is 3.30. The number of nitrogens with one attached hydrogen (secondary N) is 1. The minimum atomic E-state index is 0.121. The number of likely N-dealkylation sites (tertiary alicyclic amines) is 1. The van der Waals surface area contributed by atoms with Gasteiger partial charge in [-0.2, -0.15) is 0 Å². The number of amides is 1. The molecule has 3 heteroatoms. The lowest BCUT2D eigenvalue weighted by atomic mass is 9.86. The van der Waals surface area contributed by atoms with Gasteiger partial charge >= 0.3 is 0 Å². The molecule has 92 valence electrons. The molecule has 1 N–H and O–H groups in total. The van der Waals surface area contributed by atoms with Crippen LogP contribution in [-0.4, -0.2) is 36.5 Å². The van der Waals surface area contributed by atoms with E-state index in [1.807, 2.05) is 0 Å². The summed E-state index contributed by atoms with van der Waals surface area (Å²) in [6.07, 6.45) is 4.56. The fourth-order valence-electron chi connectivity index (χ4n) is 2.90. The molecule has 2 rings (SSSR count). The van der Waals surface area contributed by atoms with E-state index < -0.39 is 0 Å². The lowest BCUT2D eigenvalue weighted by molar-refractivity contribution is -0.134. The van der Waals surface area contributed by atoms with Crippen LogP contribution in [0.2, 0.25) is 0 Å². The number of carbonyl (C=O) groups is 1. The molecule has 1 amide bonds. The van der Waals surface area contributed by atoms with E-state index in [0.717, 1.165) is 44.3 Å². The van der Waals surface area contributed by atoms with Gasteiger partial charge in [0.25, 0.3) is 0 Å². The Balaban J connectivity index is 1.81. The molecule has 2 aliphatic rings. The number of hydrogen-bond donors (Lipinski definition) is 1. The second kappa shape index (κ2) is 5.17. The van der Waals surface area contributed by atoms with Crippen LogP contribution in [0.5, 0.6) is 0 Å². The summed E-state index contributed by atoms with van der Waals surface area (Å²) < 4.78 is 0. The maximum Gasteiger partial charge on any atom is 0.239 e. The van der Waals surface area contributed by atoms with Gasteiger partial charge in [-0.15, -0.1) is 0 Å². The van der Waals surface area contributed by atoms with Gasteiger partial charge in [0.2, 0.25) is 5.91 Å². The largest absolute Gasteiger partial charge is 0.341 e. The van der Waals surface area contributed by atoms with Crippen molar-refractivity contribution in [3.8, 4) is 0 Å². The van der Waals surface area contributed by atoms with Crippen LogP contribution in [0.3, 0.4) is 0 Å². The standard InChI is InChI=1S/C13H24N2O/c1-10(2)11-5-8-15(9-6-11)13(16)12-4-3-7-14-12/h10-12,14H,3-9H2,1-2H3/t12-/m0/s1. The second-order valence-electron chi connectivity index (χ2n) is 5.56. The smallest absolute Gasteiger partial charge is 0.239 e. The summed E-state index contributed by atoms with van der Waals surface area (Å²) in [7, 11) is 0. The van der Waals surface area contributed by atoms with E-state index in [-0.39, 0.29) is 6.04 Å². The fraction of sp³-hybridized carbons (Fsp3) is 0.923. The van der Waals surface area contributed by atoms with Crippen LogP contribution in [0.15, 0.2) is 0 Å². The average Bonchev–Trinajstić information content (AvgIpc) is 2.81. The summed E-state index contributed by atoms with van der Waals surface area (Å²) in [5.41, 5.74) is 0. The SMILES string of the molecule is CC(C)C1CCN(C(=O)[C@@H]2CCCN2)CC1. The van der Waals surface area contributed by atoms with Gasteiger partial charge in [0.05, 0.1) is 6.04 Å². The molecule has 0 radical (unpaired) electrons. The van der Waals surface area contributed by atoms with Crippen molar-refractivity contribution >= 4 is 5.91 Å². The molecule has 0 saturated carbocycles. The van der Waals surface area contributed by atoms with Crippen LogP contribution < -0.4 is 5.32 Å². The minimum absolute atomic E-state index is 0.121. The van der Waals surface area contributed by atoms with Crippen molar-refractivity contribution in [1.29, 1.82) is 0 Å². The molecule has 0 aromatic rings. The second-order valence-corrected chi connectivity index (χ2v) is 5.56. The van der Waals surface area contributed by atoms with Gasteiger partial charge < -0.3 is 10.2 Å². The van der Waals surface area contributed by atoms with E-state index in [4.69, 9.17) is 0 Å². The van der Waals surface area contributed by atoms with Crippen LogP contribution in [0.25, 0.3) is 0 Å². The molecule has 0 aromatic carbocycles. The van der Waals surface area contributed by atoms with Crippen molar-refractivity contribution < 1.29 is 4.79 Å². The van der Waals surface area contributed by atoms with Gasteiger partial charge in [-0.1, -0.05) is 13.8 Å². The highest BCUT2D eigenvalue weighted by molar-refractivity contribution is 5.82. The Morgan fingerprint density at radius 1 is 1.25 bits per heavy atom. The highest BCUT2D eigenvalue weighted by atomic mass is 16.2. The molecule has 0 bridgehead atoms. The first-order valence-corrected chi connectivity index (χ1v) is 6.70. The van der Waals surface area contributed by atoms with Gasteiger partial charge in [0, 0.05) is 13.1 Å². The fourth-order valence-corrected chi connectivity index (χ4v) is 2.90. The van der Waals surface area contributed by atoms with Crippen molar-refractivity contribution in [2.45, 2.75) is 45.6 Å². The molecular weight excluding hydrogens is 200 g/mol. The van der Waals surface area contributed by atoms with Gasteiger partial charge in [0.1, 0.15) is 0 Å². The molecule has 0 aliphatic carbocycles. The first-order valence-electron chi connectivity index (χ1n) is 6.70. The number of piperidine rings is 1. The van der Waals surface area contributed by atoms with Crippen molar-refractivity contribution in [3.05, 3.63) is 0 Å². The molecule has 3 nitrogen and oxygen atoms in total. The first-order chi connectivity index (χ1) is 7.68. The molecule has 0 spiro atoms. The monoisotopic (exact) mass is 224 g/mol. The van der Waals surface area contributed by atoms with E-state index in [9.17, 15) is 4.79 Å². The molecule has 0 aromatic heterocycles. The predicted octanol–water partition coefficient (Wildman–Crippen LogP) is 1.63. The van der Waals surface area contributed by atoms with Gasteiger partial charge in [0.15, 0.2) is 0 Å². The van der Waals surface area contributed by atoms with E-state index in [1.54, 1.807) is 0 Å². The Hall–Kier alpha value is -0.570. The molecular formula is C13H24N2O. The Labute approximate surface area is 98.6 Å². The molecule has 2 saturated heterocycles. The Morgan fingerprint density at radius 2 is 1.94 bits per heavy atom. The summed E-state index contributed by atoms with van der Waals surface area (Å²) in [5.74, 6) is 1.93. The summed E-state index contributed by atoms with van der Waals surface area (Å²) in [4.78, 5) is 14.2. The van der Waals surface area contributed by atoms with Crippen LogP contribution in [0.1, 0.15) is 39.5 Å². The Morgan fingerprint density at radius 3 is 2.44 bits per heavy atom. The van der Waals surface area contributed by atoms with E-state index in [2.05, 4.69) is 24.1 Å². The van der Waals surface area contributed by atoms with Crippen molar-refractivity contribution in [2.75, 3.05) is 19.6 Å². The van der Waals surface area contributed by atoms with E-state index in [1.165, 1.54) is 12.8 Å². The zero-order valence-corrected chi connectivity index (χ0v) is 10.5. The third kappa shape index (κ3) is 2.57. The summed E-state index contributed by atoms with van der Waals surface area (Å²) in [6, 6.07) is 0.121. The molecule has 0 unspecified atom stereocenters. The summed E-state index contributed by atoms with van der Waals surface area (Å²) in [6.45, 7) is 7.54. The van der Waals surface area contributed by atoms with Crippen molar-refractivity contribution in [3.63, 3.8) is 0 Å². The number of hydrogen-bond acceptors (Lipinski definition) is 2. The van der Waals surface area contributed by atoms with E-state index >= 15 is 0 Å². The maximum absolute atomic E-state index is 12.1. The Bertz CT molecular complexity index is 238. The van der Waals surface area contributed by atoms with Gasteiger partial charge in [-0.3, -0.25) is 4.79 Å². The lowest BCUT2D eigenvalue weighted by Gasteiger charge is -2.35. The van der Waals surface area contributed by atoms with E-state index in [0.29, 0.717) is 5.91 Å². The predicted molar refractivity (Wildman–Crippen MR) is 65.2 cm³/mol. The van der Waals surface area contributed by atoms with Crippen LogP contribution >= 0.6 is 0 Å². The zero-order valence-electron chi connectivity index (χ0n) is 10.5. The molecule has 2 heterocycles. The number of rotatable bonds is 2. The molecule has 16 heavy (non-hydrogen) atoms. The number of nitrogens with zero attached hydrogens (tertiary/aromatic N) is 1. The van der Waals surface area contributed by atoms with Crippen molar-refractivity contribution in [1.82, 2.24) is 10.2 Å². The third-order valence-electron chi connectivity index (χ3n) is 4.15. The molecule has 1 atom stereocenters. The normalized spacial score (nSPS) is 27.7.